The number of fused-ring (bicyclic) bond motifs is 1. The van der Waals surface area contributed by atoms with Crippen LogP contribution in [0.5, 0.6) is 17.2 Å². The van der Waals surface area contributed by atoms with E-state index < -0.39 is 12.0 Å². The van der Waals surface area contributed by atoms with Crippen molar-refractivity contribution in [1.29, 1.82) is 0 Å². The molecule has 0 saturated carbocycles. The molecule has 1 aliphatic rings. The first-order chi connectivity index (χ1) is 16.0. The Balaban J connectivity index is 1.81. The van der Waals surface area contributed by atoms with E-state index in [1.54, 1.807) is 63.6 Å². The molecular weight excluding hydrogens is 420 g/mol. The van der Waals surface area contributed by atoms with Crippen LogP contribution in [0.15, 0.2) is 66.7 Å². The van der Waals surface area contributed by atoms with Gasteiger partial charge in [-0.25, -0.2) is 0 Å². The fraction of sp³-hybridized carbons (Fsp3) is 0.231. The van der Waals surface area contributed by atoms with Crippen molar-refractivity contribution in [2.24, 2.45) is 0 Å². The van der Waals surface area contributed by atoms with Crippen molar-refractivity contribution in [2.75, 3.05) is 33.7 Å². The molecule has 4 rings (SSSR count). The van der Waals surface area contributed by atoms with Crippen LogP contribution in [0.2, 0.25) is 0 Å². The fourth-order valence-electron chi connectivity index (χ4n) is 4.33. The Morgan fingerprint density at radius 3 is 2.36 bits per heavy atom. The molecule has 1 N–H and O–H groups in total. The third kappa shape index (κ3) is 4.09. The maximum Gasteiger partial charge on any atom is 0.254 e. The van der Waals surface area contributed by atoms with Gasteiger partial charge in [-0.1, -0.05) is 30.3 Å². The van der Waals surface area contributed by atoms with Crippen LogP contribution in [0.4, 0.5) is 5.69 Å². The van der Waals surface area contributed by atoms with E-state index in [4.69, 9.17) is 14.2 Å². The third-order valence-corrected chi connectivity index (χ3v) is 5.95. The van der Waals surface area contributed by atoms with E-state index in [0.29, 0.717) is 34.1 Å². The largest absolute Gasteiger partial charge is 0.497 e. The van der Waals surface area contributed by atoms with Crippen molar-refractivity contribution in [1.82, 2.24) is 4.90 Å². The lowest BCUT2D eigenvalue weighted by atomic mass is 9.79. The van der Waals surface area contributed by atoms with Crippen LogP contribution in [-0.2, 0) is 4.79 Å². The summed E-state index contributed by atoms with van der Waals surface area (Å²) in [6, 6.07) is 19.3. The van der Waals surface area contributed by atoms with E-state index in [2.05, 4.69) is 5.32 Å². The predicted molar refractivity (Wildman–Crippen MR) is 125 cm³/mol. The molecule has 1 heterocycles. The number of rotatable bonds is 6. The van der Waals surface area contributed by atoms with Crippen molar-refractivity contribution in [2.45, 2.75) is 12.0 Å². The minimum absolute atomic E-state index is 0.143. The van der Waals surface area contributed by atoms with Crippen LogP contribution < -0.4 is 19.5 Å². The van der Waals surface area contributed by atoms with Crippen molar-refractivity contribution in [3.05, 3.63) is 83.4 Å². The van der Waals surface area contributed by atoms with Crippen molar-refractivity contribution in [3.63, 3.8) is 0 Å². The molecule has 1 aliphatic heterocycles. The number of nitrogens with zero attached hydrogens (tertiary/aromatic N) is 1. The summed E-state index contributed by atoms with van der Waals surface area (Å²) in [5, 5.41) is 3.00. The number of methoxy groups -OCH3 is 3. The molecule has 33 heavy (non-hydrogen) atoms. The zero-order valence-corrected chi connectivity index (χ0v) is 19.0. The average molecular weight is 447 g/mol. The molecule has 170 valence electrons. The maximum atomic E-state index is 13.7. The number of ether oxygens (including phenoxy) is 3. The molecule has 0 spiro atoms. The van der Waals surface area contributed by atoms with Crippen LogP contribution in [0, 0.1) is 0 Å². The van der Waals surface area contributed by atoms with Gasteiger partial charge in [-0.05, 0) is 41.5 Å². The van der Waals surface area contributed by atoms with Crippen molar-refractivity contribution >= 4 is 17.5 Å². The summed E-state index contributed by atoms with van der Waals surface area (Å²) in [6.07, 6.45) is 0. The zero-order valence-electron chi connectivity index (χ0n) is 19.0. The predicted octanol–water partition coefficient (Wildman–Crippen LogP) is 4.26. The third-order valence-electron chi connectivity index (χ3n) is 5.95. The molecule has 0 radical (unpaired) electrons. The Morgan fingerprint density at radius 2 is 1.64 bits per heavy atom. The zero-order chi connectivity index (χ0) is 23.5. The molecule has 0 aliphatic carbocycles. The van der Waals surface area contributed by atoms with Gasteiger partial charge in [0.1, 0.15) is 5.75 Å². The highest BCUT2D eigenvalue weighted by Crippen LogP contribution is 2.44. The number of amides is 2. The number of anilines is 1. The maximum absolute atomic E-state index is 13.7. The van der Waals surface area contributed by atoms with Gasteiger partial charge >= 0.3 is 0 Å². The molecule has 7 nitrogen and oxygen atoms in total. The number of carbonyl (C=O) groups is 2. The molecule has 0 fully saturated rings. The van der Waals surface area contributed by atoms with E-state index in [1.165, 1.54) is 0 Å². The molecule has 0 bridgehead atoms. The lowest BCUT2D eigenvalue weighted by Crippen LogP contribution is -2.44. The summed E-state index contributed by atoms with van der Waals surface area (Å²) < 4.78 is 16.1. The van der Waals surface area contributed by atoms with Gasteiger partial charge in [0, 0.05) is 24.4 Å². The van der Waals surface area contributed by atoms with Crippen LogP contribution >= 0.6 is 0 Å². The Kier molecular flexibility index (Phi) is 6.22. The molecular formula is C26H26N2O5. The number of hydrogen-bond acceptors (Lipinski definition) is 5. The Labute approximate surface area is 192 Å². The van der Waals surface area contributed by atoms with E-state index in [9.17, 15) is 9.59 Å². The lowest BCUT2D eigenvalue weighted by molar-refractivity contribution is -0.119. The molecule has 7 heteroatoms. The van der Waals surface area contributed by atoms with Crippen LogP contribution in [0.1, 0.15) is 33.4 Å². The Bertz CT molecular complexity index is 1190. The standard InChI is InChI=1S/C26H26N2O5/c1-28-24(16-12-13-21(32-3)22(14-16)33-4)23(19-10-5-6-11-20(19)26(28)30)25(29)27-17-8-7-9-18(15-17)31-2/h5-15,23-24H,1-4H3,(H,27,29)/t23-,24-/m0/s1. The first-order valence-electron chi connectivity index (χ1n) is 10.5. The summed E-state index contributed by atoms with van der Waals surface area (Å²) in [5.41, 5.74) is 2.58. The van der Waals surface area contributed by atoms with Crippen molar-refractivity contribution in [3.8, 4) is 17.2 Å². The lowest BCUT2D eigenvalue weighted by Gasteiger charge is -2.40. The van der Waals surface area contributed by atoms with Gasteiger partial charge in [0.05, 0.1) is 33.3 Å². The molecule has 0 unspecified atom stereocenters. The summed E-state index contributed by atoms with van der Waals surface area (Å²) in [6.45, 7) is 0. The van der Waals surface area contributed by atoms with E-state index in [0.717, 1.165) is 5.56 Å². The molecule has 2 atom stereocenters. The van der Waals surface area contributed by atoms with Gasteiger partial charge in [-0.2, -0.15) is 0 Å². The fourth-order valence-corrected chi connectivity index (χ4v) is 4.33. The first kappa shape index (κ1) is 22.2. The summed E-state index contributed by atoms with van der Waals surface area (Å²) in [4.78, 5) is 28.5. The summed E-state index contributed by atoms with van der Waals surface area (Å²) >= 11 is 0. The summed E-state index contributed by atoms with van der Waals surface area (Å²) in [7, 11) is 6.41. The number of nitrogens with one attached hydrogen (secondary N) is 1. The second-order valence-electron chi connectivity index (χ2n) is 7.76. The Hall–Kier alpha value is -4.00. The second-order valence-corrected chi connectivity index (χ2v) is 7.76. The summed E-state index contributed by atoms with van der Waals surface area (Å²) in [5.74, 6) is 0.727. The van der Waals surface area contributed by atoms with Gasteiger partial charge in [0.2, 0.25) is 5.91 Å². The van der Waals surface area contributed by atoms with Crippen LogP contribution in [0.25, 0.3) is 0 Å². The molecule has 3 aromatic rings. The van der Waals surface area contributed by atoms with Crippen LogP contribution in [0.3, 0.4) is 0 Å². The number of carbonyl (C=O) groups excluding carboxylic acids is 2. The highest BCUT2D eigenvalue weighted by molar-refractivity contribution is 6.04. The number of hydrogen-bond donors (Lipinski definition) is 1. The van der Waals surface area contributed by atoms with Gasteiger partial charge < -0.3 is 24.4 Å². The highest BCUT2D eigenvalue weighted by atomic mass is 16.5. The van der Waals surface area contributed by atoms with Crippen LogP contribution in [-0.4, -0.2) is 45.1 Å². The van der Waals surface area contributed by atoms with Gasteiger partial charge in [-0.15, -0.1) is 0 Å². The minimum Gasteiger partial charge on any atom is -0.497 e. The minimum atomic E-state index is -0.645. The molecule has 3 aromatic carbocycles. The van der Waals surface area contributed by atoms with E-state index >= 15 is 0 Å². The van der Waals surface area contributed by atoms with Crippen molar-refractivity contribution < 1.29 is 23.8 Å². The first-order valence-corrected chi connectivity index (χ1v) is 10.5. The number of likely N-dealkylation sites (N-methyl/N-ethyl adjacent to an activating group) is 1. The Morgan fingerprint density at radius 1 is 0.879 bits per heavy atom. The van der Waals surface area contributed by atoms with Gasteiger partial charge in [0.15, 0.2) is 11.5 Å². The highest BCUT2D eigenvalue weighted by Gasteiger charge is 2.42. The molecule has 0 aromatic heterocycles. The smallest absolute Gasteiger partial charge is 0.254 e. The average Bonchev–Trinajstić information content (AvgIpc) is 2.85. The van der Waals surface area contributed by atoms with Gasteiger partial charge in [0.25, 0.3) is 5.91 Å². The normalized spacial score (nSPS) is 17.2. The van der Waals surface area contributed by atoms with E-state index in [1.807, 2.05) is 36.4 Å². The van der Waals surface area contributed by atoms with E-state index in [-0.39, 0.29) is 11.8 Å². The quantitative estimate of drug-likeness (QED) is 0.612. The topological polar surface area (TPSA) is 77.1 Å². The monoisotopic (exact) mass is 446 g/mol. The SMILES string of the molecule is COc1cccc(NC(=O)[C@H]2c3ccccc3C(=O)N(C)[C@H]2c2ccc(OC)c(OC)c2)c1. The number of benzene rings is 3. The second kappa shape index (κ2) is 9.24. The molecule has 2 amide bonds. The van der Waals surface area contributed by atoms with Gasteiger partial charge in [-0.3, -0.25) is 9.59 Å². The molecule has 0 saturated heterocycles.